The van der Waals surface area contributed by atoms with Crippen LogP contribution in [0.2, 0.25) is 0 Å². The summed E-state index contributed by atoms with van der Waals surface area (Å²) in [6.07, 6.45) is 0.900. The number of phenolic OH excluding ortho intramolecular Hbond substituents is 2. The lowest BCUT2D eigenvalue weighted by Gasteiger charge is -2.12. The van der Waals surface area contributed by atoms with Gasteiger partial charge in [-0.2, -0.15) is 4.31 Å². The Kier molecular flexibility index (Phi) is 5.74. The van der Waals surface area contributed by atoms with Crippen molar-refractivity contribution in [3.05, 3.63) is 101 Å². The summed E-state index contributed by atoms with van der Waals surface area (Å²) in [5, 5.41) is 22.9. The Balaban J connectivity index is 1.41. The van der Waals surface area contributed by atoms with Crippen LogP contribution in [0.15, 0.2) is 83.8 Å². The van der Waals surface area contributed by atoms with Crippen LogP contribution in [0.4, 0.5) is 0 Å². The maximum Gasteiger partial charge on any atom is 0.243 e. The van der Waals surface area contributed by atoms with Gasteiger partial charge >= 0.3 is 0 Å². The molecule has 0 unspecified atom stereocenters. The molecular weight excluding hydrogens is 446 g/mol. The third-order valence-electron chi connectivity index (χ3n) is 5.91. The predicted molar refractivity (Wildman–Crippen MR) is 132 cm³/mol. The quantitative estimate of drug-likeness (QED) is 0.335. The van der Waals surface area contributed by atoms with Crippen molar-refractivity contribution < 1.29 is 18.6 Å². The Morgan fingerprint density at radius 1 is 0.853 bits per heavy atom. The van der Waals surface area contributed by atoms with Crippen molar-refractivity contribution >= 4 is 20.8 Å². The molecule has 0 amide bonds. The van der Waals surface area contributed by atoms with Crippen molar-refractivity contribution in [2.24, 2.45) is 0 Å². The second kappa shape index (κ2) is 8.86. The van der Waals surface area contributed by atoms with Crippen LogP contribution in [0.3, 0.4) is 0 Å². The average molecular weight is 470 g/mol. The van der Waals surface area contributed by atoms with Gasteiger partial charge in [0.05, 0.1) is 4.90 Å². The monoisotopic (exact) mass is 469 g/mol. The molecule has 0 saturated carbocycles. The van der Waals surface area contributed by atoms with E-state index in [0.29, 0.717) is 35.8 Å². The molecule has 0 bridgehead atoms. The summed E-state index contributed by atoms with van der Waals surface area (Å²) in [7, 11) is -3.41. The molecule has 5 rings (SSSR count). The van der Waals surface area contributed by atoms with E-state index in [9.17, 15) is 18.6 Å². The van der Waals surface area contributed by atoms with Gasteiger partial charge < -0.3 is 10.2 Å². The smallest absolute Gasteiger partial charge is 0.243 e. The van der Waals surface area contributed by atoms with Gasteiger partial charge in [0.2, 0.25) is 10.0 Å². The standard InChI is InChI=1S/C28H23NO4S/c30-27-19-23-12-9-21(8-4-7-20-5-2-1-3-6-20)17-25(23)28(31)26(27)18-22-10-13-24(14-11-22)34(32,33)29-15-16-29/h1-3,5-6,9-14,17,19,30-31H,7,15-16,18H2. The Hall–Kier alpha value is -3.79. The summed E-state index contributed by atoms with van der Waals surface area (Å²) in [6, 6.07) is 23.7. The maximum absolute atomic E-state index is 12.3. The molecule has 34 heavy (non-hydrogen) atoms. The summed E-state index contributed by atoms with van der Waals surface area (Å²) in [5.41, 5.74) is 3.09. The fraction of sp³-hybridized carbons (Fsp3) is 0.143. The number of benzene rings is 4. The SMILES string of the molecule is O=S(=O)(c1ccc(Cc2c(O)cc3ccc(C#CCc4ccccc4)cc3c2O)cc1)N1CC1. The van der Waals surface area contributed by atoms with Crippen LogP contribution in [-0.2, 0) is 22.9 Å². The molecule has 4 aromatic rings. The summed E-state index contributed by atoms with van der Waals surface area (Å²) in [5.74, 6) is 6.31. The first-order valence-corrected chi connectivity index (χ1v) is 12.5. The van der Waals surface area contributed by atoms with Gasteiger partial charge in [-0.1, -0.05) is 60.4 Å². The Labute approximate surface area is 199 Å². The van der Waals surface area contributed by atoms with E-state index in [-0.39, 0.29) is 22.8 Å². The molecular formula is C28H23NO4S. The molecule has 0 spiro atoms. The lowest BCUT2D eigenvalue weighted by atomic mass is 9.97. The minimum Gasteiger partial charge on any atom is -0.507 e. The van der Waals surface area contributed by atoms with E-state index in [2.05, 4.69) is 11.8 Å². The summed E-state index contributed by atoms with van der Waals surface area (Å²) < 4.78 is 26.1. The lowest BCUT2D eigenvalue weighted by molar-refractivity contribution is 0.445. The zero-order valence-corrected chi connectivity index (χ0v) is 19.2. The van der Waals surface area contributed by atoms with Crippen molar-refractivity contribution in [3.63, 3.8) is 0 Å². The zero-order valence-electron chi connectivity index (χ0n) is 18.4. The Morgan fingerprint density at radius 2 is 1.59 bits per heavy atom. The zero-order chi connectivity index (χ0) is 23.7. The average Bonchev–Trinajstić information content (AvgIpc) is 3.70. The van der Waals surface area contributed by atoms with E-state index in [1.165, 1.54) is 4.31 Å². The first kappa shape index (κ1) is 22.0. The number of nitrogens with zero attached hydrogens (tertiary/aromatic N) is 1. The normalized spacial score (nSPS) is 13.4. The summed E-state index contributed by atoms with van der Waals surface area (Å²) in [4.78, 5) is 0.249. The largest absolute Gasteiger partial charge is 0.507 e. The van der Waals surface area contributed by atoms with E-state index in [1.807, 2.05) is 48.5 Å². The fourth-order valence-corrected chi connectivity index (χ4v) is 5.26. The highest BCUT2D eigenvalue weighted by molar-refractivity contribution is 7.89. The van der Waals surface area contributed by atoms with Gasteiger partial charge in [0.1, 0.15) is 11.5 Å². The van der Waals surface area contributed by atoms with E-state index in [1.54, 1.807) is 30.3 Å². The van der Waals surface area contributed by atoms with Crippen LogP contribution < -0.4 is 0 Å². The van der Waals surface area contributed by atoms with Crippen molar-refractivity contribution in [3.8, 4) is 23.3 Å². The van der Waals surface area contributed by atoms with E-state index >= 15 is 0 Å². The van der Waals surface area contributed by atoms with Gasteiger partial charge in [-0.3, -0.25) is 0 Å². The number of sulfonamides is 1. The number of fused-ring (bicyclic) bond motifs is 1. The van der Waals surface area contributed by atoms with Crippen LogP contribution in [0.1, 0.15) is 22.3 Å². The molecule has 1 fully saturated rings. The van der Waals surface area contributed by atoms with Crippen molar-refractivity contribution in [2.75, 3.05) is 13.1 Å². The number of rotatable bonds is 5. The van der Waals surface area contributed by atoms with Crippen LogP contribution in [0, 0.1) is 11.8 Å². The number of hydrogen-bond donors (Lipinski definition) is 2. The molecule has 1 aliphatic rings. The second-order valence-electron chi connectivity index (χ2n) is 8.35. The molecule has 1 saturated heterocycles. The fourth-order valence-electron chi connectivity index (χ4n) is 3.92. The lowest BCUT2D eigenvalue weighted by Crippen LogP contribution is -2.11. The molecule has 0 aliphatic carbocycles. The van der Waals surface area contributed by atoms with E-state index < -0.39 is 10.0 Å². The van der Waals surface area contributed by atoms with Gasteiger partial charge in [-0.15, -0.1) is 0 Å². The molecule has 1 heterocycles. The van der Waals surface area contributed by atoms with Gasteiger partial charge in [-0.05, 0) is 46.8 Å². The number of hydrogen-bond acceptors (Lipinski definition) is 4. The van der Waals surface area contributed by atoms with Gasteiger partial charge in [-0.25, -0.2) is 8.42 Å². The highest BCUT2D eigenvalue weighted by atomic mass is 32.2. The van der Waals surface area contributed by atoms with Crippen molar-refractivity contribution in [1.29, 1.82) is 0 Å². The van der Waals surface area contributed by atoms with Gasteiger partial charge in [0.25, 0.3) is 0 Å². The van der Waals surface area contributed by atoms with E-state index in [4.69, 9.17) is 0 Å². The molecule has 0 radical (unpaired) electrons. The van der Waals surface area contributed by atoms with Crippen LogP contribution >= 0.6 is 0 Å². The minimum atomic E-state index is -3.41. The van der Waals surface area contributed by atoms with Crippen molar-refractivity contribution in [1.82, 2.24) is 4.31 Å². The first-order valence-electron chi connectivity index (χ1n) is 11.0. The summed E-state index contributed by atoms with van der Waals surface area (Å²) in [6.45, 7) is 1.11. The predicted octanol–water partition coefficient (Wildman–Crippen LogP) is 4.44. The number of aromatic hydroxyl groups is 2. The molecule has 5 nitrogen and oxygen atoms in total. The first-order chi connectivity index (χ1) is 16.4. The minimum absolute atomic E-state index is 0.00231. The van der Waals surface area contributed by atoms with Crippen LogP contribution in [0.5, 0.6) is 11.5 Å². The van der Waals surface area contributed by atoms with E-state index in [0.717, 1.165) is 16.7 Å². The second-order valence-corrected chi connectivity index (χ2v) is 10.3. The molecule has 6 heteroatoms. The maximum atomic E-state index is 12.3. The van der Waals surface area contributed by atoms with Crippen molar-refractivity contribution in [2.45, 2.75) is 17.7 Å². The molecule has 1 aliphatic heterocycles. The Bertz CT molecular complexity index is 1530. The molecule has 2 N–H and O–H groups in total. The topological polar surface area (TPSA) is 77.6 Å². The molecule has 4 aromatic carbocycles. The molecule has 0 atom stereocenters. The third kappa shape index (κ3) is 4.49. The third-order valence-corrected chi connectivity index (χ3v) is 7.82. The Morgan fingerprint density at radius 3 is 2.29 bits per heavy atom. The molecule has 170 valence electrons. The number of phenols is 2. The molecule has 0 aromatic heterocycles. The van der Waals surface area contributed by atoms with Crippen LogP contribution in [-0.4, -0.2) is 36.0 Å². The highest BCUT2D eigenvalue weighted by Crippen LogP contribution is 2.37. The summed E-state index contributed by atoms with van der Waals surface area (Å²) >= 11 is 0. The highest BCUT2D eigenvalue weighted by Gasteiger charge is 2.33. The van der Waals surface area contributed by atoms with Crippen LogP contribution in [0.25, 0.3) is 10.8 Å². The van der Waals surface area contributed by atoms with Gasteiger partial charge in [0.15, 0.2) is 0 Å². The van der Waals surface area contributed by atoms with Gasteiger partial charge in [0, 0.05) is 42.4 Å².